The van der Waals surface area contributed by atoms with Gasteiger partial charge in [0.2, 0.25) is 0 Å². The highest BCUT2D eigenvalue weighted by molar-refractivity contribution is 5.80. The smallest absolute Gasteiger partial charge is 0.184 e. The van der Waals surface area contributed by atoms with Crippen LogP contribution < -0.4 is 5.73 Å². The van der Waals surface area contributed by atoms with Gasteiger partial charge in [0.15, 0.2) is 17.0 Å². The van der Waals surface area contributed by atoms with Gasteiger partial charge in [-0.05, 0) is 37.5 Å². The standard InChI is InChI=1S/C16H16N8/c1-9-4-5-23-7-11(18-12(23)6-9)8-24-16-13(21-22-24)14(17)19-15(20-16)10-2-3-10/h4-7,10H,2-3,8H2,1H3,(H2,17,19,20). The molecule has 0 spiro atoms. The average molecular weight is 320 g/mol. The molecule has 1 fully saturated rings. The van der Waals surface area contributed by atoms with Gasteiger partial charge in [0.25, 0.3) is 0 Å². The molecule has 0 radical (unpaired) electrons. The summed E-state index contributed by atoms with van der Waals surface area (Å²) in [5, 5.41) is 8.33. The lowest BCUT2D eigenvalue weighted by molar-refractivity contribution is 0.653. The number of nitrogens with two attached hydrogens (primary N) is 1. The van der Waals surface area contributed by atoms with E-state index in [1.54, 1.807) is 4.68 Å². The van der Waals surface area contributed by atoms with Gasteiger partial charge in [-0.3, -0.25) is 0 Å². The number of imidazole rings is 1. The lowest BCUT2D eigenvalue weighted by atomic mass is 10.3. The van der Waals surface area contributed by atoms with Crippen LogP contribution in [0.25, 0.3) is 16.8 Å². The molecular weight excluding hydrogens is 304 g/mol. The summed E-state index contributed by atoms with van der Waals surface area (Å²) < 4.78 is 3.74. The summed E-state index contributed by atoms with van der Waals surface area (Å²) >= 11 is 0. The van der Waals surface area contributed by atoms with Crippen molar-refractivity contribution in [3.05, 3.63) is 41.6 Å². The van der Waals surface area contributed by atoms with Crippen molar-refractivity contribution in [2.45, 2.75) is 32.2 Å². The normalized spacial score (nSPS) is 14.7. The molecule has 1 saturated carbocycles. The molecule has 8 nitrogen and oxygen atoms in total. The SMILES string of the molecule is Cc1ccn2cc(Cn3nnc4c(N)nc(C5CC5)nc43)nc2c1. The third-order valence-corrected chi connectivity index (χ3v) is 4.33. The first-order chi connectivity index (χ1) is 11.7. The molecule has 0 amide bonds. The van der Waals surface area contributed by atoms with Gasteiger partial charge >= 0.3 is 0 Å². The van der Waals surface area contributed by atoms with Gasteiger partial charge in [-0.1, -0.05) is 5.21 Å². The molecule has 24 heavy (non-hydrogen) atoms. The number of aromatic nitrogens is 7. The molecule has 2 N–H and O–H groups in total. The molecule has 8 heteroatoms. The maximum absolute atomic E-state index is 6.02. The predicted octanol–water partition coefficient (Wildman–Crippen LogP) is 1.69. The Balaban J connectivity index is 1.57. The Labute approximate surface area is 137 Å². The summed E-state index contributed by atoms with van der Waals surface area (Å²) in [5.74, 6) is 1.63. The fourth-order valence-electron chi connectivity index (χ4n) is 2.89. The predicted molar refractivity (Wildman–Crippen MR) is 88.5 cm³/mol. The van der Waals surface area contributed by atoms with Crippen LogP contribution in [0.5, 0.6) is 0 Å². The molecule has 1 aliphatic carbocycles. The Bertz CT molecular complexity index is 1070. The minimum absolute atomic E-state index is 0.402. The Morgan fingerprint density at radius 3 is 2.96 bits per heavy atom. The van der Waals surface area contributed by atoms with Gasteiger partial charge in [0.05, 0.1) is 12.2 Å². The van der Waals surface area contributed by atoms with Crippen LogP contribution in [0.15, 0.2) is 24.5 Å². The molecule has 0 aromatic carbocycles. The van der Waals surface area contributed by atoms with Gasteiger partial charge in [0, 0.05) is 18.3 Å². The monoisotopic (exact) mass is 320 g/mol. The maximum Gasteiger partial charge on any atom is 0.184 e. The number of anilines is 1. The second-order valence-electron chi connectivity index (χ2n) is 6.36. The number of pyridine rings is 1. The number of nitrogens with zero attached hydrogens (tertiary/aromatic N) is 7. The highest BCUT2D eigenvalue weighted by Crippen LogP contribution is 2.38. The summed E-state index contributed by atoms with van der Waals surface area (Å²) in [4.78, 5) is 13.6. The van der Waals surface area contributed by atoms with Crippen LogP contribution >= 0.6 is 0 Å². The van der Waals surface area contributed by atoms with Crippen LogP contribution in [0.3, 0.4) is 0 Å². The topological polar surface area (TPSA) is 99.8 Å². The summed E-state index contributed by atoms with van der Waals surface area (Å²) in [6, 6.07) is 4.10. The van der Waals surface area contributed by atoms with E-state index in [4.69, 9.17) is 5.73 Å². The molecule has 0 aliphatic heterocycles. The number of aryl methyl sites for hydroxylation is 1. The molecular formula is C16H16N8. The number of hydrogen-bond donors (Lipinski definition) is 1. The first-order valence-corrected chi connectivity index (χ1v) is 7.98. The molecule has 0 bridgehead atoms. The molecule has 4 aromatic rings. The third kappa shape index (κ3) is 2.10. The van der Waals surface area contributed by atoms with Gasteiger partial charge in [0.1, 0.15) is 11.5 Å². The van der Waals surface area contributed by atoms with Crippen LogP contribution in [0.4, 0.5) is 5.82 Å². The number of hydrogen-bond acceptors (Lipinski definition) is 6. The van der Waals surface area contributed by atoms with E-state index in [-0.39, 0.29) is 0 Å². The van der Waals surface area contributed by atoms with Crippen molar-refractivity contribution < 1.29 is 0 Å². The maximum atomic E-state index is 6.02. The van der Waals surface area contributed by atoms with Gasteiger partial charge in [-0.25, -0.2) is 19.6 Å². The van der Waals surface area contributed by atoms with E-state index in [9.17, 15) is 0 Å². The first-order valence-electron chi connectivity index (χ1n) is 7.98. The Kier molecular flexibility index (Phi) is 2.64. The van der Waals surface area contributed by atoms with E-state index in [0.29, 0.717) is 29.4 Å². The van der Waals surface area contributed by atoms with Gasteiger partial charge in [-0.2, -0.15) is 0 Å². The van der Waals surface area contributed by atoms with Crippen molar-refractivity contribution in [3.63, 3.8) is 0 Å². The molecule has 0 unspecified atom stereocenters. The van der Waals surface area contributed by atoms with Crippen LogP contribution in [-0.4, -0.2) is 34.3 Å². The van der Waals surface area contributed by atoms with Gasteiger partial charge in [-0.15, -0.1) is 5.10 Å². The van der Waals surface area contributed by atoms with Crippen LogP contribution in [0.2, 0.25) is 0 Å². The summed E-state index contributed by atoms with van der Waals surface area (Å²) in [5.41, 5.74) is 10.3. The lowest BCUT2D eigenvalue weighted by Crippen LogP contribution is -2.06. The zero-order valence-corrected chi connectivity index (χ0v) is 13.2. The summed E-state index contributed by atoms with van der Waals surface area (Å²) in [6.45, 7) is 2.55. The van der Waals surface area contributed by atoms with Crippen molar-refractivity contribution in [2.75, 3.05) is 5.73 Å². The van der Waals surface area contributed by atoms with E-state index < -0.39 is 0 Å². The number of fused-ring (bicyclic) bond motifs is 2. The number of nitrogen functional groups attached to an aromatic ring is 1. The molecule has 4 aromatic heterocycles. The van der Waals surface area contributed by atoms with Crippen molar-refractivity contribution in [1.82, 2.24) is 34.3 Å². The first kappa shape index (κ1) is 13.4. The fourth-order valence-corrected chi connectivity index (χ4v) is 2.89. The fraction of sp³-hybridized carbons (Fsp3) is 0.312. The average Bonchev–Trinajstić information content (AvgIpc) is 3.22. The Hall–Kier alpha value is -3.03. The third-order valence-electron chi connectivity index (χ3n) is 4.33. The Morgan fingerprint density at radius 2 is 2.12 bits per heavy atom. The van der Waals surface area contributed by atoms with Crippen LogP contribution in [0.1, 0.15) is 35.8 Å². The van der Waals surface area contributed by atoms with Crippen LogP contribution in [-0.2, 0) is 6.54 Å². The van der Waals surface area contributed by atoms with Gasteiger partial charge < -0.3 is 10.1 Å². The van der Waals surface area contributed by atoms with Crippen LogP contribution in [0, 0.1) is 6.92 Å². The minimum atomic E-state index is 0.402. The number of rotatable bonds is 3. The van der Waals surface area contributed by atoms with E-state index in [0.717, 1.165) is 30.0 Å². The van der Waals surface area contributed by atoms with E-state index in [2.05, 4.69) is 38.3 Å². The second-order valence-corrected chi connectivity index (χ2v) is 6.36. The molecule has 5 rings (SSSR count). The van der Waals surface area contributed by atoms with E-state index in [1.807, 2.05) is 22.9 Å². The van der Waals surface area contributed by atoms with Crippen molar-refractivity contribution in [1.29, 1.82) is 0 Å². The van der Waals surface area contributed by atoms with E-state index >= 15 is 0 Å². The zero-order valence-electron chi connectivity index (χ0n) is 13.2. The summed E-state index contributed by atoms with van der Waals surface area (Å²) in [6.07, 6.45) is 6.25. The molecule has 120 valence electrons. The Morgan fingerprint density at radius 1 is 1.25 bits per heavy atom. The molecule has 4 heterocycles. The largest absolute Gasteiger partial charge is 0.382 e. The van der Waals surface area contributed by atoms with E-state index in [1.165, 1.54) is 5.56 Å². The highest BCUT2D eigenvalue weighted by atomic mass is 15.4. The van der Waals surface area contributed by atoms with Crippen molar-refractivity contribution in [2.24, 2.45) is 0 Å². The van der Waals surface area contributed by atoms with Crippen molar-refractivity contribution >= 4 is 22.6 Å². The highest BCUT2D eigenvalue weighted by Gasteiger charge is 2.28. The second kappa shape index (κ2) is 4.73. The molecule has 1 aliphatic rings. The minimum Gasteiger partial charge on any atom is -0.382 e. The molecule has 0 atom stereocenters. The molecule has 0 saturated heterocycles. The van der Waals surface area contributed by atoms with Crippen molar-refractivity contribution in [3.8, 4) is 0 Å². The summed E-state index contributed by atoms with van der Waals surface area (Å²) in [7, 11) is 0. The quantitative estimate of drug-likeness (QED) is 0.616. The lowest BCUT2D eigenvalue weighted by Gasteiger charge is -2.02. The zero-order chi connectivity index (χ0) is 16.3.